The van der Waals surface area contributed by atoms with E-state index in [-0.39, 0.29) is 23.8 Å². The zero-order chi connectivity index (χ0) is 17.8. The maximum atomic E-state index is 12.3. The molecule has 0 aromatic heterocycles. The van der Waals surface area contributed by atoms with Gasteiger partial charge in [0.2, 0.25) is 5.91 Å². The summed E-state index contributed by atoms with van der Waals surface area (Å²) in [4.78, 5) is 25.7. The third kappa shape index (κ3) is 4.40. The second-order valence-electron chi connectivity index (χ2n) is 7.59. The molecule has 1 saturated heterocycles. The number of rotatable bonds is 6. The van der Waals surface area contributed by atoms with E-state index in [1.165, 1.54) is 18.4 Å². The molecule has 1 unspecified atom stereocenters. The molecule has 0 radical (unpaired) electrons. The number of carboxylic acids is 1. The summed E-state index contributed by atoms with van der Waals surface area (Å²) in [7, 11) is 0. The van der Waals surface area contributed by atoms with Gasteiger partial charge in [-0.1, -0.05) is 37.3 Å². The first kappa shape index (κ1) is 17.9. The van der Waals surface area contributed by atoms with E-state index in [0.29, 0.717) is 19.4 Å². The number of carboxylic acid groups (broad SMARTS) is 1. The van der Waals surface area contributed by atoms with Crippen molar-refractivity contribution >= 4 is 11.9 Å². The van der Waals surface area contributed by atoms with E-state index in [1.807, 2.05) is 18.2 Å². The van der Waals surface area contributed by atoms with E-state index in [0.717, 1.165) is 19.0 Å². The number of hydrogen-bond donors (Lipinski definition) is 2. The van der Waals surface area contributed by atoms with Crippen LogP contribution in [0.3, 0.4) is 0 Å². The molecule has 2 fully saturated rings. The maximum absolute atomic E-state index is 12.3. The molecule has 1 atom stereocenters. The average molecular weight is 344 g/mol. The lowest BCUT2D eigenvalue weighted by Gasteiger charge is -2.38. The van der Waals surface area contributed by atoms with Crippen LogP contribution in [0.1, 0.15) is 44.2 Å². The second-order valence-corrected chi connectivity index (χ2v) is 7.59. The summed E-state index contributed by atoms with van der Waals surface area (Å²) in [6, 6.07) is 10.5. The van der Waals surface area contributed by atoms with Gasteiger partial charge in [0.25, 0.3) is 0 Å². The van der Waals surface area contributed by atoms with Gasteiger partial charge in [-0.05, 0) is 50.3 Å². The quantitative estimate of drug-likeness (QED) is 0.832. The molecule has 1 aromatic carbocycles. The first-order valence-corrected chi connectivity index (χ1v) is 9.34. The van der Waals surface area contributed by atoms with Crippen LogP contribution in [0.4, 0.5) is 0 Å². The van der Waals surface area contributed by atoms with Crippen molar-refractivity contribution in [2.75, 3.05) is 19.6 Å². The number of carbonyl (C=O) groups excluding carboxylic acids is 1. The lowest BCUT2D eigenvalue weighted by atomic mass is 9.74. The van der Waals surface area contributed by atoms with Gasteiger partial charge in [0.1, 0.15) is 0 Å². The van der Waals surface area contributed by atoms with Gasteiger partial charge in [0.05, 0.1) is 12.0 Å². The predicted octanol–water partition coefficient (Wildman–Crippen LogP) is 2.69. The number of benzene rings is 1. The van der Waals surface area contributed by atoms with E-state index in [4.69, 9.17) is 5.11 Å². The summed E-state index contributed by atoms with van der Waals surface area (Å²) >= 11 is 0. The van der Waals surface area contributed by atoms with Gasteiger partial charge < -0.3 is 10.4 Å². The van der Waals surface area contributed by atoms with Crippen LogP contribution in [0.2, 0.25) is 0 Å². The number of carbonyl (C=O) groups is 2. The first-order valence-electron chi connectivity index (χ1n) is 9.34. The maximum Gasteiger partial charge on any atom is 0.306 e. The van der Waals surface area contributed by atoms with Crippen LogP contribution >= 0.6 is 0 Å². The van der Waals surface area contributed by atoms with Crippen molar-refractivity contribution in [3.8, 4) is 0 Å². The van der Waals surface area contributed by atoms with E-state index in [9.17, 15) is 9.59 Å². The van der Waals surface area contributed by atoms with Crippen LogP contribution in [0.25, 0.3) is 0 Å². The van der Waals surface area contributed by atoms with E-state index in [1.54, 1.807) is 0 Å². The number of hydrogen-bond acceptors (Lipinski definition) is 3. The number of nitrogens with one attached hydrogen (secondary N) is 1. The van der Waals surface area contributed by atoms with Gasteiger partial charge in [-0.25, -0.2) is 0 Å². The molecule has 1 aliphatic heterocycles. The largest absolute Gasteiger partial charge is 0.481 e. The van der Waals surface area contributed by atoms with Gasteiger partial charge in [0, 0.05) is 12.5 Å². The van der Waals surface area contributed by atoms with Crippen LogP contribution in [-0.4, -0.2) is 41.5 Å². The van der Waals surface area contributed by atoms with Gasteiger partial charge in [-0.3, -0.25) is 14.5 Å². The predicted molar refractivity (Wildman–Crippen MR) is 96.0 cm³/mol. The Hall–Kier alpha value is -1.88. The summed E-state index contributed by atoms with van der Waals surface area (Å²) in [5.41, 5.74) is 1.23. The van der Waals surface area contributed by atoms with E-state index in [2.05, 4.69) is 29.3 Å². The van der Waals surface area contributed by atoms with E-state index < -0.39 is 5.97 Å². The summed E-state index contributed by atoms with van der Waals surface area (Å²) < 4.78 is 0. The Morgan fingerprint density at radius 1 is 1.16 bits per heavy atom. The Morgan fingerprint density at radius 3 is 2.40 bits per heavy atom. The summed E-state index contributed by atoms with van der Waals surface area (Å²) in [6.45, 7) is 5.00. The van der Waals surface area contributed by atoms with Gasteiger partial charge in [-0.2, -0.15) is 0 Å². The van der Waals surface area contributed by atoms with Crippen molar-refractivity contribution in [1.82, 2.24) is 10.2 Å². The number of nitrogens with zero attached hydrogens (tertiary/aromatic N) is 1. The highest BCUT2D eigenvalue weighted by Crippen LogP contribution is 2.34. The molecule has 5 heteroatoms. The fraction of sp³-hybridized carbons (Fsp3) is 0.600. The highest BCUT2D eigenvalue weighted by Gasteiger charge is 2.39. The standard InChI is InChI=1S/C20H28N2O3/c1-14-7-9-22(10-8-14)18(15-5-3-2-4-6-15)13-21-19(23)16-11-17(12-16)20(24)25/h2-6,14,16-18H,7-13H2,1H3,(H,21,23)(H,24,25). The van der Waals surface area contributed by atoms with Crippen LogP contribution < -0.4 is 5.32 Å². The average Bonchev–Trinajstić information content (AvgIpc) is 2.56. The van der Waals surface area contributed by atoms with Gasteiger partial charge >= 0.3 is 5.97 Å². The molecular formula is C20H28N2O3. The highest BCUT2D eigenvalue weighted by atomic mass is 16.4. The third-order valence-corrected chi connectivity index (χ3v) is 5.77. The Labute approximate surface area is 149 Å². The molecule has 136 valence electrons. The minimum atomic E-state index is -0.784. The van der Waals surface area contributed by atoms with Crippen LogP contribution in [-0.2, 0) is 9.59 Å². The lowest BCUT2D eigenvalue weighted by molar-refractivity contribution is -0.148. The SMILES string of the molecule is CC1CCN(C(CNC(=O)C2CC(C(=O)O)C2)c2ccccc2)CC1. The molecule has 25 heavy (non-hydrogen) atoms. The zero-order valence-corrected chi connectivity index (χ0v) is 14.9. The molecule has 1 aliphatic carbocycles. The summed E-state index contributed by atoms with van der Waals surface area (Å²) in [6.07, 6.45) is 3.33. The fourth-order valence-electron chi connectivity index (χ4n) is 3.85. The van der Waals surface area contributed by atoms with Crippen molar-refractivity contribution in [1.29, 1.82) is 0 Å². The summed E-state index contributed by atoms with van der Waals surface area (Å²) in [5, 5.41) is 12.0. The van der Waals surface area contributed by atoms with Crippen molar-refractivity contribution < 1.29 is 14.7 Å². The molecule has 2 N–H and O–H groups in total. The normalized spacial score (nSPS) is 25.8. The molecule has 3 rings (SSSR count). The molecule has 2 aliphatic rings. The van der Waals surface area contributed by atoms with Crippen molar-refractivity contribution in [2.45, 2.75) is 38.6 Å². The van der Waals surface area contributed by atoms with Crippen molar-refractivity contribution in [3.63, 3.8) is 0 Å². The van der Waals surface area contributed by atoms with E-state index >= 15 is 0 Å². The number of likely N-dealkylation sites (tertiary alicyclic amines) is 1. The lowest BCUT2D eigenvalue weighted by Crippen LogP contribution is -2.46. The Balaban J connectivity index is 1.58. The fourth-order valence-corrected chi connectivity index (χ4v) is 3.85. The molecule has 1 amide bonds. The number of amides is 1. The third-order valence-electron chi connectivity index (χ3n) is 5.77. The molecule has 1 saturated carbocycles. The highest BCUT2D eigenvalue weighted by molar-refractivity contribution is 5.82. The van der Waals surface area contributed by atoms with Crippen molar-refractivity contribution in [3.05, 3.63) is 35.9 Å². The minimum absolute atomic E-state index is 0.00353. The van der Waals surface area contributed by atoms with Crippen LogP contribution in [0.15, 0.2) is 30.3 Å². The van der Waals surface area contributed by atoms with Gasteiger partial charge in [-0.15, -0.1) is 0 Å². The second kappa shape index (κ2) is 8.00. The Bertz CT molecular complexity index is 590. The molecular weight excluding hydrogens is 316 g/mol. The summed E-state index contributed by atoms with van der Waals surface area (Å²) in [5.74, 6) is -0.495. The van der Waals surface area contributed by atoms with Crippen LogP contribution in [0.5, 0.6) is 0 Å². The smallest absolute Gasteiger partial charge is 0.306 e. The molecule has 0 bridgehead atoms. The monoisotopic (exact) mass is 344 g/mol. The number of piperidine rings is 1. The first-order chi connectivity index (χ1) is 12.0. The van der Waals surface area contributed by atoms with Crippen molar-refractivity contribution in [2.24, 2.45) is 17.8 Å². The van der Waals surface area contributed by atoms with Gasteiger partial charge in [0.15, 0.2) is 0 Å². The Kier molecular flexibility index (Phi) is 5.74. The zero-order valence-electron chi connectivity index (χ0n) is 14.9. The topological polar surface area (TPSA) is 69.6 Å². The molecule has 0 spiro atoms. The molecule has 1 aromatic rings. The molecule has 5 nitrogen and oxygen atoms in total. The number of aliphatic carboxylic acids is 1. The van der Waals surface area contributed by atoms with Crippen LogP contribution in [0, 0.1) is 17.8 Å². The minimum Gasteiger partial charge on any atom is -0.481 e. The Morgan fingerprint density at radius 2 is 1.80 bits per heavy atom. The molecule has 1 heterocycles.